The molecule has 116 valence electrons. The molecule has 22 heavy (non-hydrogen) atoms. The predicted molar refractivity (Wildman–Crippen MR) is 83.0 cm³/mol. The van der Waals surface area contributed by atoms with Gasteiger partial charge in [0.25, 0.3) is 5.91 Å². The Bertz CT molecular complexity index is 735. The third-order valence-corrected chi connectivity index (χ3v) is 4.08. The van der Waals surface area contributed by atoms with Crippen LogP contribution in [0.1, 0.15) is 23.2 Å². The first-order chi connectivity index (χ1) is 10.7. The van der Waals surface area contributed by atoms with Crippen molar-refractivity contribution in [2.45, 2.75) is 12.8 Å². The van der Waals surface area contributed by atoms with Gasteiger partial charge in [-0.3, -0.25) is 4.79 Å². The molecule has 2 heterocycles. The Kier molecular flexibility index (Phi) is 4.24. The van der Waals surface area contributed by atoms with Crippen LogP contribution in [0.4, 0.5) is 0 Å². The molecule has 1 aliphatic heterocycles. The first-order valence-corrected chi connectivity index (χ1v) is 7.50. The summed E-state index contributed by atoms with van der Waals surface area (Å²) in [5.74, 6) is 0.0792. The van der Waals surface area contributed by atoms with Gasteiger partial charge < -0.3 is 14.1 Å². The number of ether oxygens (including phenoxy) is 1. The Morgan fingerprint density at radius 2 is 2.23 bits per heavy atom. The zero-order chi connectivity index (χ0) is 15.5. The molecule has 0 saturated carbocycles. The molecule has 0 bridgehead atoms. The Morgan fingerprint density at radius 1 is 1.41 bits per heavy atom. The first-order valence-electron chi connectivity index (χ1n) is 7.50. The number of benzene rings is 1. The van der Waals surface area contributed by atoms with Crippen LogP contribution in [0.2, 0.25) is 0 Å². The molecule has 1 unspecified atom stereocenters. The molecular weight excluding hydrogens is 282 g/mol. The second-order valence-electron chi connectivity index (χ2n) is 5.70. The van der Waals surface area contributed by atoms with Gasteiger partial charge in [0.15, 0.2) is 0 Å². The molecular formula is C17H19NO4. The van der Waals surface area contributed by atoms with Gasteiger partial charge in [0.2, 0.25) is 0 Å². The van der Waals surface area contributed by atoms with Crippen molar-refractivity contribution >= 4 is 16.9 Å². The number of nitrogens with zero attached hydrogens (tertiary/aromatic N) is 1. The number of fused-ring (bicyclic) bond motifs is 1. The third kappa shape index (κ3) is 2.90. The minimum atomic E-state index is -0.572. The van der Waals surface area contributed by atoms with E-state index >= 15 is 0 Å². The summed E-state index contributed by atoms with van der Waals surface area (Å²) in [4.78, 5) is 26.5. The molecule has 1 fully saturated rings. The maximum Gasteiger partial charge on any atom is 0.349 e. The number of hydrogen-bond acceptors (Lipinski definition) is 4. The van der Waals surface area contributed by atoms with Crippen molar-refractivity contribution in [3.05, 3.63) is 46.3 Å². The van der Waals surface area contributed by atoms with E-state index in [1.165, 1.54) is 0 Å². The number of para-hydroxylation sites is 1. The fourth-order valence-electron chi connectivity index (χ4n) is 3.00. The highest BCUT2D eigenvalue weighted by Gasteiger charge is 2.26. The lowest BCUT2D eigenvalue weighted by atomic mass is 9.98. The van der Waals surface area contributed by atoms with Crippen molar-refractivity contribution in [1.82, 2.24) is 4.90 Å². The standard InChI is InChI=1S/C17H19NO4/c1-21-11-12-5-4-8-18(10-12)16(19)14-9-13-6-2-3-7-15(13)22-17(14)20/h2-3,6-7,9,12H,4-5,8,10-11H2,1H3. The fourth-order valence-corrected chi connectivity index (χ4v) is 3.00. The quantitative estimate of drug-likeness (QED) is 0.816. The molecule has 0 spiro atoms. The number of methoxy groups -OCH3 is 1. The molecule has 1 amide bonds. The summed E-state index contributed by atoms with van der Waals surface area (Å²) in [6, 6.07) is 8.84. The molecule has 3 rings (SSSR count). The second-order valence-corrected chi connectivity index (χ2v) is 5.70. The van der Waals surface area contributed by atoms with Gasteiger partial charge >= 0.3 is 5.63 Å². The highest BCUT2D eigenvalue weighted by atomic mass is 16.5. The number of amides is 1. The topological polar surface area (TPSA) is 59.8 Å². The Hall–Kier alpha value is -2.14. The van der Waals surface area contributed by atoms with Crippen molar-refractivity contribution in [3.8, 4) is 0 Å². The van der Waals surface area contributed by atoms with Crippen LogP contribution in [-0.2, 0) is 4.74 Å². The zero-order valence-corrected chi connectivity index (χ0v) is 12.6. The minimum Gasteiger partial charge on any atom is -0.422 e. The molecule has 1 aromatic heterocycles. The van der Waals surface area contributed by atoms with E-state index in [9.17, 15) is 9.59 Å². The highest BCUT2D eigenvalue weighted by molar-refractivity contribution is 5.96. The van der Waals surface area contributed by atoms with E-state index in [1.54, 1.807) is 30.2 Å². The SMILES string of the molecule is COCC1CCCN(C(=O)c2cc3ccccc3oc2=O)C1. The van der Waals surface area contributed by atoms with Gasteiger partial charge in [-0.15, -0.1) is 0 Å². The van der Waals surface area contributed by atoms with E-state index in [0.717, 1.165) is 18.2 Å². The Morgan fingerprint density at radius 3 is 3.05 bits per heavy atom. The van der Waals surface area contributed by atoms with Crippen LogP contribution in [0.15, 0.2) is 39.5 Å². The molecule has 0 N–H and O–H groups in total. The second kappa shape index (κ2) is 6.32. The van der Waals surface area contributed by atoms with Crippen LogP contribution in [0, 0.1) is 5.92 Å². The fraction of sp³-hybridized carbons (Fsp3) is 0.412. The van der Waals surface area contributed by atoms with Crippen molar-refractivity contribution in [3.63, 3.8) is 0 Å². The summed E-state index contributed by atoms with van der Waals surface area (Å²) in [5.41, 5.74) is 0.0364. The Labute approximate surface area is 128 Å². The van der Waals surface area contributed by atoms with Crippen molar-refractivity contribution in [2.75, 3.05) is 26.8 Å². The first kappa shape index (κ1) is 14.8. The van der Waals surface area contributed by atoms with Crippen LogP contribution >= 0.6 is 0 Å². The molecule has 0 radical (unpaired) electrons. The summed E-state index contributed by atoms with van der Waals surface area (Å²) < 4.78 is 10.4. The largest absolute Gasteiger partial charge is 0.422 e. The van der Waals surface area contributed by atoms with Crippen molar-refractivity contribution < 1.29 is 13.9 Å². The van der Waals surface area contributed by atoms with Gasteiger partial charge in [0.1, 0.15) is 11.1 Å². The lowest BCUT2D eigenvalue weighted by Gasteiger charge is -2.32. The average molecular weight is 301 g/mol. The third-order valence-electron chi connectivity index (χ3n) is 4.08. The van der Waals surface area contributed by atoms with Gasteiger partial charge in [-0.05, 0) is 30.9 Å². The zero-order valence-electron chi connectivity index (χ0n) is 12.6. The van der Waals surface area contributed by atoms with Crippen molar-refractivity contribution in [2.24, 2.45) is 5.92 Å². The van der Waals surface area contributed by atoms with Crippen LogP contribution in [0.5, 0.6) is 0 Å². The molecule has 1 aliphatic rings. The summed E-state index contributed by atoms with van der Waals surface area (Å²) in [6.07, 6.45) is 1.97. The van der Waals surface area contributed by atoms with E-state index in [-0.39, 0.29) is 11.5 Å². The van der Waals surface area contributed by atoms with Crippen LogP contribution in [-0.4, -0.2) is 37.6 Å². The van der Waals surface area contributed by atoms with E-state index < -0.39 is 5.63 Å². The van der Waals surface area contributed by atoms with Crippen LogP contribution < -0.4 is 5.63 Å². The number of carbonyl (C=O) groups excluding carboxylic acids is 1. The van der Waals surface area contributed by atoms with Crippen LogP contribution in [0.25, 0.3) is 11.0 Å². The van der Waals surface area contributed by atoms with E-state index in [4.69, 9.17) is 9.15 Å². The van der Waals surface area contributed by atoms with Gasteiger partial charge in [0, 0.05) is 25.6 Å². The number of carbonyl (C=O) groups is 1. The highest BCUT2D eigenvalue weighted by Crippen LogP contribution is 2.19. The molecule has 0 aliphatic carbocycles. The van der Waals surface area contributed by atoms with E-state index in [1.807, 2.05) is 12.1 Å². The van der Waals surface area contributed by atoms with Gasteiger partial charge in [-0.25, -0.2) is 4.79 Å². The smallest absolute Gasteiger partial charge is 0.349 e. The lowest BCUT2D eigenvalue weighted by molar-refractivity contribution is 0.0567. The van der Waals surface area contributed by atoms with Crippen molar-refractivity contribution in [1.29, 1.82) is 0 Å². The van der Waals surface area contributed by atoms with Gasteiger partial charge in [-0.2, -0.15) is 0 Å². The molecule has 2 aromatic rings. The molecule has 5 heteroatoms. The molecule has 1 aromatic carbocycles. The molecule has 5 nitrogen and oxygen atoms in total. The monoisotopic (exact) mass is 301 g/mol. The number of likely N-dealkylation sites (tertiary alicyclic amines) is 1. The predicted octanol–water partition coefficient (Wildman–Crippen LogP) is 2.29. The van der Waals surface area contributed by atoms with Gasteiger partial charge in [0.05, 0.1) is 6.61 Å². The molecule has 1 atom stereocenters. The minimum absolute atomic E-state index is 0.108. The van der Waals surface area contributed by atoms with E-state index in [2.05, 4.69) is 0 Å². The lowest BCUT2D eigenvalue weighted by Crippen LogP contribution is -2.42. The summed E-state index contributed by atoms with van der Waals surface area (Å²) in [6.45, 7) is 1.93. The maximum atomic E-state index is 12.6. The van der Waals surface area contributed by atoms with Gasteiger partial charge in [-0.1, -0.05) is 18.2 Å². The number of rotatable bonds is 3. The summed E-state index contributed by atoms with van der Waals surface area (Å²) >= 11 is 0. The average Bonchev–Trinajstić information content (AvgIpc) is 2.54. The molecule has 1 saturated heterocycles. The summed E-state index contributed by atoms with van der Waals surface area (Å²) in [5, 5.41) is 0.760. The summed E-state index contributed by atoms with van der Waals surface area (Å²) in [7, 11) is 1.67. The normalized spacial score (nSPS) is 18.6. The van der Waals surface area contributed by atoms with E-state index in [0.29, 0.717) is 31.2 Å². The number of piperidine rings is 1. The maximum absolute atomic E-state index is 12.6. The van der Waals surface area contributed by atoms with Crippen LogP contribution in [0.3, 0.4) is 0 Å². The Balaban J connectivity index is 1.88. The number of hydrogen-bond donors (Lipinski definition) is 0.